The summed E-state index contributed by atoms with van der Waals surface area (Å²) in [6, 6.07) is 10.5. The van der Waals surface area contributed by atoms with Gasteiger partial charge in [0, 0.05) is 50.0 Å². The molecule has 0 N–H and O–H groups in total. The third-order valence-corrected chi connectivity index (χ3v) is 6.02. The molecule has 0 atom stereocenters. The number of piperazine rings is 1. The van der Waals surface area contributed by atoms with Gasteiger partial charge in [0.25, 0.3) is 5.91 Å². The van der Waals surface area contributed by atoms with E-state index in [-0.39, 0.29) is 11.6 Å². The first-order valence-electron chi connectivity index (χ1n) is 9.86. The van der Waals surface area contributed by atoms with Crippen molar-refractivity contribution < 1.29 is 9.53 Å². The summed E-state index contributed by atoms with van der Waals surface area (Å²) in [5.74, 6) is -0.0937. The third kappa shape index (κ3) is 4.38. The third-order valence-electron chi connectivity index (χ3n) is 5.49. The normalized spacial score (nSPS) is 17.2. The molecule has 2 aromatic rings. The molecule has 2 fully saturated rings. The lowest BCUT2D eigenvalue weighted by Gasteiger charge is -2.37. The van der Waals surface area contributed by atoms with Crippen molar-refractivity contribution in [1.29, 1.82) is 0 Å². The van der Waals surface area contributed by atoms with E-state index in [2.05, 4.69) is 15.0 Å². The van der Waals surface area contributed by atoms with E-state index < -0.39 is 0 Å². The molecule has 7 nitrogen and oxygen atoms in total. The molecule has 9 heteroatoms. The lowest BCUT2D eigenvalue weighted by molar-refractivity contribution is 0.0746. The van der Waals surface area contributed by atoms with Crippen LogP contribution in [-0.4, -0.2) is 63.3 Å². The summed E-state index contributed by atoms with van der Waals surface area (Å²) in [6.07, 6.45) is 0. The van der Waals surface area contributed by atoms with Crippen molar-refractivity contribution in [3.63, 3.8) is 0 Å². The van der Waals surface area contributed by atoms with Crippen molar-refractivity contribution in [3.05, 3.63) is 56.9 Å². The average molecular weight is 449 g/mol. The molecular formula is C21H22Cl2N4O3. The number of carbonyl (C=O) groups excluding carboxylic acids is 1. The average Bonchev–Trinajstić information content (AvgIpc) is 2.79. The predicted octanol–water partition coefficient (Wildman–Crippen LogP) is 4.19. The Morgan fingerprint density at radius 2 is 1.53 bits per heavy atom. The van der Waals surface area contributed by atoms with Gasteiger partial charge in [-0.15, -0.1) is 4.91 Å². The molecule has 0 radical (unpaired) electrons. The molecule has 30 heavy (non-hydrogen) atoms. The maximum absolute atomic E-state index is 13.3. The van der Waals surface area contributed by atoms with E-state index in [1.807, 2.05) is 17.0 Å². The molecule has 0 saturated carbocycles. The Labute approximate surface area is 185 Å². The summed E-state index contributed by atoms with van der Waals surface area (Å²) in [5.41, 5.74) is 2.49. The summed E-state index contributed by atoms with van der Waals surface area (Å²) < 4.78 is 5.42. The van der Waals surface area contributed by atoms with E-state index in [1.54, 1.807) is 24.3 Å². The highest BCUT2D eigenvalue weighted by molar-refractivity contribution is 6.36. The van der Waals surface area contributed by atoms with Crippen LogP contribution in [0.15, 0.2) is 41.6 Å². The number of nitroso groups, excluding NO2 is 1. The lowest BCUT2D eigenvalue weighted by Crippen LogP contribution is -2.49. The minimum atomic E-state index is -0.0937. The van der Waals surface area contributed by atoms with Gasteiger partial charge in [-0.3, -0.25) is 4.79 Å². The van der Waals surface area contributed by atoms with E-state index in [9.17, 15) is 9.70 Å². The molecule has 2 saturated heterocycles. The molecule has 0 aromatic heterocycles. The fourth-order valence-corrected chi connectivity index (χ4v) is 4.42. The van der Waals surface area contributed by atoms with Gasteiger partial charge < -0.3 is 19.4 Å². The Balaban J connectivity index is 1.51. The van der Waals surface area contributed by atoms with Crippen LogP contribution in [0.25, 0.3) is 0 Å². The number of halogens is 2. The first kappa shape index (κ1) is 20.9. The maximum atomic E-state index is 13.3. The molecule has 1 amide bonds. The van der Waals surface area contributed by atoms with E-state index in [4.69, 9.17) is 27.9 Å². The first-order chi connectivity index (χ1) is 14.6. The number of nitrogens with zero attached hydrogens (tertiary/aromatic N) is 4. The highest BCUT2D eigenvalue weighted by Gasteiger charge is 2.27. The van der Waals surface area contributed by atoms with Gasteiger partial charge in [-0.1, -0.05) is 23.2 Å². The van der Waals surface area contributed by atoms with Crippen LogP contribution in [0.5, 0.6) is 0 Å². The number of rotatable bonds is 4. The van der Waals surface area contributed by atoms with Crippen LogP contribution in [0.3, 0.4) is 0 Å². The number of carbonyl (C=O) groups is 1. The maximum Gasteiger partial charge on any atom is 0.256 e. The summed E-state index contributed by atoms with van der Waals surface area (Å²) in [4.78, 5) is 30.5. The molecule has 2 heterocycles. The standard InChI is InChI=1S/C21H22Cl2N4O3/c22-15-1-3-20(18(23)13-15)25-5-7-27(8-6-25)21(28)17-14-16(24-29)2-4-19(17)26-9-11-30-12-10-26/h1-4,13-14H,5-12H2. The van der Waals surface area contributed by atoms with Crippen LogP contribution in [0.2, 0.25) is 10.0 Å². The Kier molecular flexibility index (Phi) is 6.41. The molecule has 2 aromatic carbocycles. The van der Waals surface area contributed by atoms with Crippen molar-refractivity contribution in [2.75, 3.05) is 62.3 Å². The fourth-order valence-electron chi connectivity index (χ4n) is 3.89. The van der Waals surface area contributed by atoms with Crippen LogP contribution >= 0.6 is 23.2 Å². The number of hydrogen-bond donors (Lipinski definition) is 0. The Morgan fingerprint density at radius 1 is 0.867 bits per heavy atom. The number of ether oxygens (including phenoxy) is 1. The number of benzene rings is 2. The summed E-state index contributed by atoms with van der Waals surface area (Å²) >= 11 is 12.3. The van der Waals surface area contributed by atoms with Crippen LogP contribution in [0.4, 0.5) is 17.1 Å². The van der Waals surface area contributed by atoms with Crippen molar-refractivity contribution >= 4 is 46.2 Å². The van der Waals surface area contributed by atoms with E-state index in [0.29, 0.717) is 68.1 Å². The van der Waals surface area contributed by atoms with Gasteiger partial charge in [-0.25, -0.2) is 0 Å². The molecule has 0 aliphatic carbocycles. The number of hydrogen-bond acceptors (Lipinski definition) is 6. The van der Waals surface area contributed by atoms with Gasteiger partial charge in [-0.2, -0.15) is 0 Å². The second-order valence-electron chi connectivity index (χ2n) is 7.27. The minimum Gasteiger partial charge on any atom is -0.378 e. The zero-order valence-electron chi connectivity index (χ0n) is 16.4. The molecule has 2 aliphatic heterocycles. The van der Waals surface area contributed by atoms with E-state index in [0.717, 1.165) is 11.4 Å². The SMILES string of the molecule is O=Nc1ccc(N2CCOCC2)c(C(=O)N2CCN(c3ccc(Cl)cc3Cl)CC2)c1. The molecule has 0 bridgehead atoms. The van der Waals surface area contributed by atoms with Crippen LogP contribution in [0.1, 0.15) is 10.4 Å². The van der Waals surface area contributed by atoms with Gasteiger partial charge in [0.2, 0.25) is 0 Å². The Hall–Kier alpha value is -2.35. The molecular weight excluding hydrogens is 427 g/mol. The monoisotopic (exact) mass is 448 g/mol. The van der Waals surface area contributed by atoms with Gasteiger partial charge in [0.15, 0.2) is 0 Å². The van der Waals surface area contributed by atoms with E-state index in [1.165, 1.54) is 0 Å². The molecule has 0 unspecified atom stereocenters. The summed E-state index contributed by atoms with van der Waals surface area (Å²) in [5, 5.41) is 4.21. The van der Waals surface area contributed by atoms with Gasteiger partial charge in [-0.05, 0) is 41.6 Å². The largest absolute Gasteiger partial charge is 0.378 e. The van der Waals surface area contributed by atoms with Crippen molar-refractivity contribution in [3.8, 4) is 0 Å². The van der Waals surface area contributed by atoms with Gasteiger partial charge in [0.1, 0.15) is 5.69 Å². The van der Waals surface area contributed by atoms with Gasteiger partial charge in [0.05, 0.1) is 29.5 Å². The Morgan fingerprint density at radius 3 is 2.20 bits per heavy atom. The van der Waals surface area contributed by atoms with Crippen molar-refractivity contribution in [1.82, 2.24) is 4.90 Å². The zero-order chi connectivity index (χ0) is 21.1. The molecule has 2 aliphatic rings. The van der Waals surface area contributed by atoms with Crippen LogP contribution in [0, 0.1) is 4.91 Å². The predicted molar refractivity (Wildman–Crippen MR) is 120 cm³/mol. The zero-order valence-corrected chi connectivity index (χ0v) is 17.9. The highest BCUT2D eigenvalue weighted by atomic mass is 35.5. The molecule has 0 spiro atoms. The second kappa shape index (κ2) is 9.20. The smallest absolute Gasteiger partial charge is 0.256 e. The first-order valence-corrected chi connectivity index (χ1v) is 10.6. The topological polar surface area (TPSA) is 65.5 Å². The van der Waals surface area contributed by atoms with Crippen molar-refractivity contribution in [2.24, 2.45) is 5.18 Å². The summed E-state index contributed by atoms with van der Waals surface area (Å²) in [7, 11) is 0. The highest BCUT2D eigenvalue weighted by Crippen LogP contribution is 2.31. The van der Waals surface area contributed by atoms with Crippen LogP contribution in [-0.2, 0) is 4.74 Å². The Bertz CT molecular complexity index is 942. The minimum absolute atomic E-state index is 0.0937. The lowest BCUT2D eigenvalue weighted by atomic mass is 10.1. The second-order valence-corrected chi connectivity index (χ2v) is 8.11. The number of morpholine rings is 1. The molecule has 158 valence electrons. The fraction of sp³-hybridized carbons (Fsp3) is 0.381. The van der Waals surface area contributed by atoms with Crippen molar-refractivity contribution in [2.45, 2.75) is 0 Å². The van der Waals surface area contributed by atoms with Crippen LogP contribution < -0.4 is 9.80 Å². The number of amides is 1. The number of anilines is 2. The molecule has 4 rings (SSSR count). The quantitative estimate of drug-likeness (QED) is 0.655. The summed E-state index contributed by atoms with van der Waals surface area (Å²) in [6.45, 7) is 5.06. The van der Waals surface area contributed by atoms with Gasteiger partial charge >= 0.3 is 0 Å². The van der Waals surface area contributed by atoms with E-state index >= 15 is 0 Å².